The van der Waals surface area contributed by atoms with E-state index in [0.717, 1.165) is 37.7 Å². The largest absolute Gasteiger partial charge is 0.481 e. The molecule has 0 spiro atoms. The molecule has 4 saturated carbocycles. The van der Waals surface area contributed by atoms with Gasteiger partial charge in [-0.05, 0) is 97.9 Å². The predicted octanol–water partition coefficient (Wildman–Crippen LogP) is 1.76. The van der Waals surface area contributed by atoms with Crippen molar-refractivity contribution in [1.29, 1.82) is 0 Å². The Morgan fingerprint density at radius 1 is 0.741 bits per heavy atom. The van der Waals surface area contributed by atoms with Crippen molar-refractivity contribution in [3.05, 3.63) is 11.6 Å². The van der Waals surface area contributed by atoms with Crippen LogP contribution in [0, 0.1) is 50.2 Å². The van der Waals surface area contributed by atoms with E-state index in [-0.39, 0.29) is 39.8 Å². The van der Waals surface area contributed by atoms with Gasteiger partial charge in [0, 0.05) is 17.8 Å². The van der Waals surface area contributed by atoms with Gasteiger partial charge in [-0.15, -0.1) is 0 Å². The second-order valence-corrected chi connectivity index (χ2v) is 20.7. The van der Waals surface area contributed by atoms with E-state index in [1.807, 2.05) is 13.0 Å². The van der Waals surface area contributed by atoms with Gasteiger partial charge in [0.15, 0.2) is 36.5 Å². The van der Waals surface area contributed by atoms with Crippen LogP contribution in [0.1, 0.15) is 106 Å². The minimum atomic E-state index is -2.05. The first-order valence-electron chi connectivity index (χ1n) is 20.8. The molecule has 16 heteroatoms. The average molecular weight is 824 g/mol. The summed E-state index contributed by atoms with van der Waals surface area (Å²) in [6.07, 6.45) is -11.6. The summed E-state index contributed by atoms with van der Waals surface area (Å²) in [7, 11) is 0. The quantitative estimate of drug-likeness (QED) is 0.134. The number of aliphatic hydroxyl groups is 7. The van der Waals surface area contributed by atoms with Gasteiger partial charge < -0.3 is 55.1 Å². The van der Waals surface area contributed by atoms with Crippen LogP contribution in [-0.2, 0) is 33.4 Å². The Bertz CT molecular complexity index is 1730. The van der Waals surface area contributed by atoms with Crippen LogP contribution in [0.15, 0.2) is 11.6 Å². The third-order valence-corrected chi connectivity index (χ3v) is 17.3. The van der Waals surface area contributed by atoms with Gasteiger partial charge in [-0.3, -0.25) is 14.3 Å². The van der Waals surface area contributed by atoms with Crippen molar-refractivity contribution in [1.82, 2.24) is 0 Å². The summed E-state index contributed by atoms with van der Waals surface area (Å²) in [5, 5.41) is 83.2. The zero-order valence-corrected chi connectivity index (χ0v) is 34.4. The number of hydrogen-bond donors (Lipinski definition) is 8. The predicted molar refractivity (Wildman–Crippen MR) is 201 cm³/mol. The van der Waals surface area contributed by atoms with Crippen molar-refractivity contribution in [3.8, 4) is 0 Å². The van der Waals surface area contributed by atoms with Crippen LogP contribution < -0.4 is 0 Å². The molecule has 0 bridgehead atoms. The number of rotatable bonds is 7. The van der Waals surface area contributed by atoms with E-state index in [1.54, 1.807) is 0 Å². The highest BCUT2D eigenvalue weighted by Gasteiger charge is 2.71. The zero-order chi connectivity index (χ0) is 42.9. The topological polar surface area (TPSA) is 271 Å². The average Bonchev–Trinajstić information content (AvgIpc) is 3.13. The Balaban J connectivity index is 1.11. The van der Waals surface area contributed by atoms with Crippen LogP contribution in [0.4, 0.5) is 0 Å². The molecule has 19 atom stereocenters. The third-order valence-electron chi connectivity index (χ3n) is 17.3. The van der Waals surface area contributed by atoms with E-state index in [9.17, 15) is 60.0 Å². The van der Waals surface area contributed by atoms with E-state index < -0.39 is 102 Å². The number of ketones is 1. The minimum Gasteiger partial charge on any atom is -0.481 e. The lowest BCUT2D eigenvalue weighted by Crippen LogP contribution is -2.68. The summed E-state index contributed by atoms with van der Waals surface area (Å²) >= 11 is 0. The molecule has 2 aliphatic heterocycles. The first-order chi connectivity index (χ1) is 26.8. The van der Waals surface area contributed by atoms with E-state index >= 15 is 0 Å². The van der Waals surface area contributed by atoms with Crippen molar-refractivity contribution in [2.75, 3.05) is 0 Å². The fourth-order valence-corrected chi connectivity index (χ4v) is 13.5. The number of fused-ring (bicyclic) bond motifs is 7. The summed E-state index contributed by atoms with van der Waals surface area (Å²) in [4.78, 5) is 51.4. The molecule has 0 amide bonds. The molecule has 10 unspecified atom stereocenters. The lowest BCUT2D eigenvalue weighted by atomic mass is 9.33. The van der Waals surface area contributed by atoms with Gasteiger partial charge in [0.05, 0.1) is 5.41 Å². The molecule has 0 radical (unpaired) electrons. The summed E-state index contributed by atoms with van der Waals surface area (Å²) in [6, 6.07) is 0. The molecule has 5 aliphatic carbocycles. The van der Waals surface area contributed by atoms with E-state index in [1.165, 1.54) is 0 Å². The molecular weight excluding hydrogens is 760 g/mol. The highest BCUT2D eigenvalue weighted by Crippen LogP contribution is 2.75. The van der Waals surface area contributed by atoms with Gasteiger partial charge in [-0.25, -0.2) is 9.59 Å². The lowest BCUT2D eigenvalue weighted by Gasteiger charge is -2.70. The van der Waals surface area contributed by atoms with E-state index in [2.05, 4.69) is 41.5 Å². The molecule has 7 rings (SSSR count). The molecule has 2 saturated heterocycles. The van der Waals surface area contributed by atoms with Gasteiger partial charge in [-0.1, -0.05) is 47.1 Å². The molecule has 326 valence electrons. The van der Waals surface area contributed by atoms with Crippen molar-refractivity contribution < 1.29 is 79.0 Å². The maximum atomic E-state index is 14.8. The molecule has 7 aliphatic rings. The maximum absolute atomic E-state index is 14.8. The number of carbonyl (C=O) groups excluding carboxylic acids is 1. The van der Waals surface area contributed by atoms with Crippen molar-refractivity contribution in [2.24, 2.45) is 50.2 Å². The molecule has 2 heterocycles. The Hall–Kier alpha value is -2.54. The smallest absolute Gasteiger partial charge is 0.336 e. The Kier molecular flexibility index (Phi) is 10.7. The van der Waals surface area contributed by atoms with E-state index in [4.69, 9.17) is 18.9 Å². The Morgan fingerprint density at radius 2 is 1.38 bits per heavy atom. The summed E-state index contributed by atoms with van der Waals surface area (Å²) in [5.74, 6) is -4.33. The number of aliphatic hydroxyl groups excluding tert-OH is 5. The zero-order valence-electron chi connectivity index (χ0n) is 34.4. The molecular formula is C42H63O16+. The van der Waals surface area contributed by atoms with E-state index in [0.29, 0.717) is 25.7 Å². The molecule has 6 fully saturated rings. The van der Waals surface area contributed by atoms with Gasteiger partial charge in [-0.2, -0.15) is 0 Å². The van der Waals surface area contributed by atoms with Crippen LogP contribution in [0.3, 0.4) is 0 Å². The Morgan fingerprint density at radius 3 is 2.00 bits per heavy atom. The van der Waals surface area contributed by atoms with Gasteiger partial charge >= 0.3 is 17.9 Å². The van der Waals surface area contributed by atoms with Crippen LogP contribution in [0.25, 0.3) is 0 Å². The second kappa shape index (κ2) is 14.3. The highest BCUT2D eigenvalue weighted by molar-refractivity contribution is 5.95. The van der Waals surface area contributed by atoms with Crippen molar-refractivity contribution in [2.45, 2.75) is 174 Å². The summed E-state index contributed by atoms with van der Waals surface area (Å²) < 4.78 is 21.3. The molecule has 16 nitrogen and oxygen atoms in total. The van der Waals surface area contributed by atoms with Crippen molar-refractivity contribution in [3.63, 3.8) is 0 Å². The molecule has 9 N–H and O–H groups in total. The fourth-order valence-electron chi connectivity index (χ4n) is 13.5. The standard InChI is InChI=1S/C42H62O16/c1-37(2)21-8-11-42(7)31(20(43)16-18-19-17-39(4,36(53)54)13-12-38(19,3)14-15-41(18,42)6)40(21,5)10-9-22(37)55-34-27(48)25(46)28(30(58-34)33(51)52)56-35-26(47)23(44)24(45)29(57-35)32(49)50/h16,19,21-31,34-35,44-48H,8-15,17H2,1-7H3,(H,49,50)(H,51,52)(H,53,54)/p+1/t19?,21?,22?,23-,24-,25+,26+,27+,28-,29-,30-,31?,34?,35+,38?,39?,40?,41?,42?/m0/s1. The Labute approximate surface area is 337 Å². The number of aliphatic carboxylic acids is 3. The molecule has 0 aromatic rings. The van der Waals surface area contributed by atoms with Crippen LogP contribution >= 0.6 is 0 Å². The summed E-state index contributed by atoms with van der Waals surface area (Å²) in [6.45, 7) is 15.0. The van der Waals surface area contributed by atoms with Crippen LogP contribution in [-0.4, -0.2) is 137 Å². The SMILES string of the molecule is CC1(C(=O)O)CCC2(C)CCC3(C)C(=CC(=O)C4C5(C)CCC([OH+]C6O[C@H](C(=O)O)[C@@H](O[C@@H]7O[C@H](C(=O)O)[C@@H](O)[C@H](O)[C@H]7O)[C@H](O)[C@H]6O)C(C)(C)C5CCC43C)C2C1. The van der Waals surface area contributed by atoms with Gasteiger partial charge in [0.1, 0.15) is 30.5 Å². The van der Waals surface area contributed by atoms with Gasteiger partial charge in [0.2, 0.25) is 0 Å². The monoisotopic (exact) mass is 823 g/mol. The van der Waals surface area contributed by atoms with Crippen molar-refractivity contribution >= 4 is 23.7 Å². The summed E-state index contributed by atoms with van der Waals surface area (Å²) in [5.41, 5.74) is -1.53. The fraction of sp³-hybridized carbons (Fsp3) is 0.857. The first kappa shape index (κ1) is 43.5. The third kappa shape index (κ3) is 6.25. The highest BCUT2D eigenvalue weighted by atomic mass is 16.7. The van der Waals surface area contributed by atoms with Crippen LogP contribution in [0.5, 0.6) is 0 Å². The molecule has 0 aromatic carbocycles. The number of carboxylic acid groups (broad SMARTS) is 3. The number of carbonyl (C=O) groups is 4. The minimum absolute atomic E-state index is 0.00219. The van der Waals surface area contributed by atoms with Crippen LogP contribution in [0.2, 0.25) is 0 Å². The molecule has 0 aromatic heterocycles. The second-order valence-electron chi connectivity index (χ2n) is 20.7. The maximum Gasteiger partial charge on any atom is 0.336 e. The number of carboxylic acids is 3. The van der Waals surface area contributed by atoms with Gasteiger partial charge in [0.25, 0.3) is 6.29 Å². The normalized spacial score (nSPS) is 52.6. The lowest BCUT2D eigenvalue weighted by molar-refractivity contribution is -0.397. The number of allylic oxidation sites excluding steroid dienone is 2. The number of ether oxygens (including phenoxy) is 4. The first-order valence-corrected chi connectivity index (χ1v) is 20.8. The molecule has 58 heavy (non-hydrogen) atoms. The number of hydrogen-bond acceptors (Lipinski definition) is 12.